The van der Waals surface area contributed by atoms with E-state index in [0.29, 0.717) is 0 Å². The monoisotopic (exact) mass is 620 g/mol. The van der Waals surface area contributed by atoms with Gasteiger partial charge in [-0.25, -0.2) is 0 Å². The summed E-state index contributed by atoms with van der Waals surface area (Å²) in [6.45, 7) is 7.46. The van der Waals surface area contributed by atoms with Crippen molar-refractivity contribution in [3.05, 3.63) is 166 Å². The average molecular weight is 621 g/mol. The zero-order valence-electron chi connectivity index (χ0n) is 27.0. The molecule has 0 unspecified atom stereocenters. The second-order valence-corrected chi connectivity index (χ2v) is 12.2. The zero-order chi connectivity index (χ0) is 32.6. The van der Waals surface area contributed by atoms with E-state index in [-0.39, 0.29) is 11.6 Å². The van der Waals surface area contributed by atoms with E-state index in [0.717, 1.165) is 66.5 Å². The van der Waals surface area contributed by atoms with Crippen LogP contribution in [0.15, 0.2) is 122 Å². The quantitative estimate of drug-likeness (QED) is 0.118. The maximum Gasteiger partial charge on any atom is 0.159 e. The number of Topliss-reactive ketones (excluding diaryl/α,β-unsaturated/α-hetero) is 2. The van der Waals surface area contributed by atoms with E-state index in [4.69, 9.17) is 0 Å². The molecule has 236 valence electrons. The van der Waals surface area contributed by atoms with E-state index in [9.17, 15) is 9.59 Å². The highest BCUT2D eigenvalue weighted by atomic mass is 16.1. The Hall–Kier alpha value is -5.62. The topological polar surface area (TPSA) is 47.1 Å². The molecule has 0 atom stereocenters. The van der Waals surface area contributed by atoms with Crippen molar-refractivity contribution < 1.29 is 9.59 Å². The first-order chi connectivity index (χ1) is 22.9. The molecule has 4 aromatic rings. The van der Waals surface area contributed by atoms with Gasteiger partial charge in [0.2, 0.25) is 0 Å². The number of carbonyl (C=O) groups excluding carboxylic acids is 2. The van der Waals surface area contributed by atoms with Gasteiger partial charge in [0.05, 0.1) is 20.0 Å². The van der Waals surface area contributed by atoms with Crippen LogP contribution in [0.3, 0.4) is 0 Å². The van der Waals surface area contributed by atoms with Gasteiger partial charge in [0.25, 0.3) is 0 Å². The molecule has 47 heavy (non-hydrogen) atoms. The smallest absolute Gasteiger partial charge is 0.159 e. The van der Waals surface area contributed by atoms with Gasteiger partial charge in [0, 0.05) is 49.0 Å². The molecule has 0 amide bonds. The number of benzene rings is 4. The van der Waals surface area contributed by atoms with Crippen molar-refractivity contribution in [2.45, 2.75) is 26.9 Å². The number of hydrogen-bond acceptors (Lipinski definition) is 6. The van der Waals surface area contributed by atoms with Crippen molar-refractivity contribution in [1.29, 1.82) is 0 Å². The first-order valence-electron chi connectivity index (χ1n) is 16.0. The molecule has 0 N–H and O–H groups in total. The SMILES string of the molecule is CC(=O)c1ccc(/C=C/c2ccc(CN3C=CN(CN4C=CN(Cc5ccc(/C=C/c6ccc(C(C)=O)cc6)cc5)C4)C3)cc2)cc1. The van der Waals surface area contributed by atoms with E-state index >= 15 is 0 Å². The van der Waals surface area contributed by atoms with E-state index in [1.807, 2.05) is 48.5 Å². The van der Waals surface area contributed by atoms with E-state index in [1.54, 1.807) is 13.8 Å². The fourth-order valence-electron chi connectivity index (χ4n) is 5.63. The third-order valence-corrected chi connectivity index (χ3v) is 8.37. The lowest BCUT2D eigenvalue weighted by Gasteiger charge is -2.27. The van der Waals surface area contributed by atoms with Crippen molar-refractivity contribution in [2.75, 3.05) is 20.0 Å². The number of rotatable bonds is 12. The summed E-state index contributed by atoms with van der Waals surface area (Å²) in [4.78, 5) is 32.3. The van der Waals surface area contributed by atoms with Gasteiger partial charge in [-0.3, -0.25) is 9.59 Å². The van der Waals surface area contributed by atoms with Crippen LogP contribution in [0, 0.1) is 0 Å². The van der Waals surface area contributed by atoms with E-state index in [1.165, 1.54) is 11.1 Å². The Morgan fingerprint density at radius 3 is 1.09 bits per heavy atom. The van der Waals surface area contributed by atoms with Crippen LogP contribution >= 0.6 is 0 Å². The molecule has 2 aliphatic rings. The van der Waals surface area contributed by atoms with E-state index in [2.05, 4.69) is 117 Å². The second kappa shape index (κ2) is 14.6. The number of hydrogen-bond donors (Lipinski definition) is 0. The molecule has 0 radical (unpaired) electrons. The molecule has 6 nitrogen and oxygen atoms in total. The molecule has 2 aliphatic heterocycles. The molecule has 6 heteroatoms. The molecule has 0 spiro atoms. The maximum absolute atomic E-state index is 11.5. The summed E-state index contributed by atoms with van der Waals surface area (Å²) in [5, 5.41) is 0. The summed E-state index contributed by atoms with van der Waals surface area (Å²) in [6, 6.07) is 32.7. The minimum atomic E-state index is 0.0854. The Kier molecular flexibility index (Phi) is 9.78. The minimum absolute atomic E-state index is 0.0854. The highest BCUT2D eigenvalue weighted by Crippen LogP contribution is 2.19. The van der Waals surface area contributed by atoms with Crippen molar-refractivity contribution >= 4 is 35.9 Å². The molecule has 0 saturated heterocycles. The summed E-state index contributed by atoms with van der Waals surface area (Å²) in [5.41, 5.74) is 8.47. The average Bonchev–Trinajstić information content (AvgIpc) is 3.73. The van der Waals surface area contributed by atoms with Gasteiger partial charge in [-0.1, -0.05) is 121 Å². The molecule has 6 rings (SSSR count). The van der Waals surface area contributed by atoms with Crippen LogP contribution in [0.5, 0.6) is 0 Å². The number of ketones is 2. The predicted molar refractivity (Wildman–Crippen MR) is 191 cm³/mol. The third-order valence-electron chi connectivity index (χ3n) is 8.37. The Balaban J connectivity index is 0.914. The van der Waals surface area contributed by atoms with Crippen LogP contribution < -0.4 is 0 Å². The molecule has 0 saturated carbocycles. The second-order valence-electron chi connectivity index (χ2n) is 12.2. The maximum atomic E-state index is 11.5. The summed E-state index contributed by atoms with van der Waals surface area (Å²) >= 11 is 0. The zero-order valence-corrected chi connectivity index (χ0v) is 27.0. The Morgan fingerprint density at radius 2 is 0.766 bits per heavy atom. The fourth-order valence-corrected chi connectivity index (χ4v) is 5.63. The molecular weight excluding hydrogens is 580 g/mol. The van der Waals surface area contributed by atoms with Gasteiger partial charge in [-0.05, 0) is 47.2 Å². The molecule has 2 heterocycles. The number of carbonyl (C=O) groups is 2. The highest BCUT2D eigenvalue weighted by Gasteiger charge is 2.18. The van der Waals surface area contributed by atoms with Crippen LogP contribution in [-0.2, 0) is 13.1 Å². The number of nitrogens with zero attached hydrogens (tertiary/aromatic N) is 4. The largest absolute Gasteiger partial charge is 0.354 e. The van der Waals surface area contributed by atoms with Gasteiger partial charge >= 0.3 is 0 Å². The lowest BCUT2D eigenvalue weighted by Crippen LogP contribution is -2.35. The van der Waals surface area contributed by atoms with Crippen LogP contribution in [-0.4, -0.2) is 51.2 Å². The third kappa shape index (κ3) is 8.76. The van der Waals surface area contributed by atoms with Gasteiger partial charge < -0.3 is 19.6 Å². The Bertz CT molecular complexity index is 1670. The van der Waals surface area contributed by atoms with Crippen LogP contribution in [0.4, 0.5) is 0 Å². The Morgan fingerprint density at radius 1 is 0.468 bits per heavy atom. The molecule has 0 aliphatic carbocycles. The summed E-state index contributed by atoms with van der Waals surface area (Å²) in [5.74, 6) is 0.171. The van der Waals surface area contributed by atoms with Crippen molar-refractivity contribution in [1.82, 2.24) is 19.6 Å². The molecule has 4 aromatic carbocycles. The van der Waals surface area contributed by atoms with Crippen LogP contribution in [0.25, 0.3) is 24.3 Å². The summed E-state index contributed by atoms with van der Waals surface area (Å²) in [6.07, 6.45) is 17.0. The normalized spacial score (nSPS) is 14.3. The van der Waals surface area contributed by atoms with Crippen LogP contribution in [0.2, 0.25) is 0 Å². The predicted octanol–water partition coefficient (Wildman–Crippen LogP) is 8.18. The van der Waals surface area contributed by atoms with Crippen molar-refractivity contribution in [2.24, 2.45) is 0 Å². The van der Waals surface area contributed by atoms with Gasteiger partial charge in [0.1, 0.15) is 0 Å². The molecule has 0 fully saturated rings. The minimum Gasteiger partial charge on any atom is -0.354 e. The van der Waals surface area contributed by atoms with Crippen molar-refractivity contribution in [3.63, 3.8) is 0 Å². The summed E-state index contributed by atoms with van der Waals surface area (Å²) < 4.78 is 0. The van der Waals surface area contributed by atoms with Crippen molar-refractivity contribution in [3.8, 4) is 0 Å². The van der Waals surface area contributed by atoms with Crippen LogP contribution in [0.1, 0.15) is 67.9 Å². The van der Waals surface area contributed by atoms with Gasteiger partial charge in [-0.15, -0.1) is 0 Å². The van der Waals surface area contributed by atoms with Gasteiger partial charge in [-0.2, -0.15) is 0 Å². The standard InChI is InChI=1S/C41H40N4O2/c1-32(46)40-19-15-36(16-20-40)5-3-34-7-11-38(12-8-34)27-42-23-25-44(29-42)31-45-26-24-43(30-45)28-39-13-9-35(10-14-39)4-6-37-17-21-41(22-18-37)33(2)47/h3-26H,27-31H2,1-2H3/b5-3+,6-4+. The molecule has 0 aromatic heterocycles. The lowest BCUT2D eigenvalue weighted by molar-refractivity contribution is 0.100. The van der Waals surface area contributed by atoms with E-state index < -0.39 is 0 Å². The molecular formula is C41H40N4O2. The van der Waals surface area contributed by atoms with Gasteiger partial charge in [0.15, 0.2) is 11.6 Å². The first-order valence-corrected chi connectivity index (χ1v) is 16.0. The highest BCUT2D eigenvalue weighted by molar-refractivity contribution is 5.94. The summed E-state index contributed by atoms with van der Waals surface area (Å²) in [7, 11) is 0. The lowest BCUT2D eigenvalue weighted by atomic mass is 10.1. The first kappa shape index (κ1) is 31.4. The fraction of sp³-hybridized carbons (Fsp3) is 0.171. The Labute approximate surface area is 277 Å². The molecule has 0 bridgehead atoms.